The van der Waals surface area contributed by atoms with E-state index in [4.69, 9.17) is 0 Å². The third-order valence-electron chi connectivity index (χ3n) is 3.63. The van der Waals surface area contributed by atoms with E-state index in [1.807, 2.05) is 24.3 Å². The number of benzene rings is 3. The average Bonchev–Trinajstić information content (AvgIpc) is 2.70. The molecule has 0 bridgehead atoms. The molecule has 0 aromatic heterocycles. The van der Waals surface area contributed by atoms with Gasteiger partial charge in [-0.2, -0.15) is 0 Å². The fourth-order valence-corrected chi connectivity index (χ4v) is 2.90. The van der Waals surface area contributed by atoms with Gasteiger partial charge < -0.3 is 0 Å². The highest BCUT2D eigenvalue weighted by Crippen LogP contribution is 2.36. The summed E-state index contributed by atoms with van der Waals surface area (Å²) in [4.78, 5) is 12.0. The Morgan fingerprint density at radius 3 is 2.65 bits per heavy atom. The number of carbonyl (C=O) groups is 1. The predicted octanol–water partition coefficient (Wildman–Crippen LogP) is 3.73. The second-order valence-corrected chi connectivity index (χ2v) is 4.58. The smallest absolute Gasteiger partial charge is 0.167 e. The summed E-state index contributed by atoms with van der Waals surface area (Å²) in [7, 11) is 0. The number of hydrogen-bond donors (Lipinski definition) is 0. The molecule has 0 radical (unpaired) electrons. The molecule has 0 saturated carbocycles. The van der Waals surface area contributed by atoms with E-state index < -0.39 is 0 Å². The van der Waals surface area contributed by atoms with Gasteiger partial charge in [0.25, 0.3) is 0 Å². The molecule has 0 heterocycles. The van der Waals surface area contributed by atoms with Crippen LogP contribution in [0.5, 0.6) is 0 Å². The van der Waals surface area contributed by atoms with Crippen LogP contribution < -0.4 is 0 Å². The van der Waals surface area contributed by atoms with Crippen molar-refractivity contribution in [3.63, 3.8) is 0 Å². The van der Waals surface area contributed by atoms with Crippen LogP contribution in [0, 0.1) is 0 Å². The standard InChI is InChI=1S/C16H10O/c17-15-9-14-12-6-2-1-4-10(12)8-11-5-3-7-13(15)16(11)14/h1-8H,9H2. The molecule has 17 heavy (non-hydrogen) atoms. The molecule has 0 saturated heterocycles. The lowest BCUT2D eigenvalue weighted by atomic mass is 9.98. The number of fused-ring (bicyclic) bond motifs is 2. The van der Waals surface area contributed by atoms with Gasteiger partial charge in [0.15, 0.2) is 5.78 Å². The molecule has 80 valence electrons. The molecule has 0 fully saturated rings. The van der Waals surface area contributed by atoms with Gasteiger partial charge in [0, 0.05) is 12.0 Å². The first kappa shape index (κ1) is 8.94. The maximum Gasteiger partial charge on any atom is 0.167 e. The van der Waals surface area contributed by atoms with Crippen LogP contribution in [0.1, 0.15) is 15.9 Å². The summed E-state index contributed by atoms with van der Waals surface area (Å²) < 4.78 is 0. The number of rotatable bonds is 0. The topological polar surface area (TPSA) is 17.1 Å². The zero-order valence-corrected chi connectivity index (χ0v) is 9.23. The Bertz CT molecular complexity index is 784. The quantitative estimate of drug-likeness (QED) is 0.525. The Balaban J connectivity index is 2.34. The van der Waals surface area contributed by atoms with Gasteiger partial charge in [0.05, 0.1) is 0 Å². The van der Waals surface area contributed by atoms with Crippen LogP contribution in [-0.2, 0) is 6.42 Å². The van der Waals surface area contributed by atoms with E-state index in [0.717, 1.165) is 10.9 Å². The zero-order valence-electron chi connectivity index (χ0n) is 9.23. The number of hydrogen-bond acceptors (Lipinski definition) is 1. The zero-order chi connectivity index (χ0) is 11.4. The van der Waals surface area contributed by atoms with Crippen LogP contribution in [0.2, 0.25) is 0 Å². The Morgan fingerprint density at radius 1 is 0.882 bits per heavy atom. The van der Waals surface area contributed by atoms with E-state index >= 15 is 0 Å². The molecule has 1 heteroatoms. The molecular formula is C16H10O. The molecular weight excluding hydrogens is 208 g/mol. The van der Waals surface area contributed by atoms with E-state index in [9.17, 15) is 4.79 Å². The molecule has 4 rings (SSSR count). The number of Topliss-reactive ketones (excluding diaryl/α,β-unsaturated/α-hetero) is 1. The molecule has 0 spiro atoms. The van der Waals surface area contributed by atoms with Gasteiger partial charge in [-0.1, -0.05) is 42.5 Å². The Kier molecular flexibility index (Phi) is 1.55. The van der Waals surface area contributed by atoms with Crippen LogP contribution in [0.15, 0.2) is 48.5 Å². The first-order valence-electron chi connectivity index (χ1n) is 5.81. The van der Waals surface area contributed by atoms with Crippen LogP contribution in [0.25, 0.3) is 21.5 Å². The lowest BCUT2D eigenvalue weighted by molar-refractivity contribution is 0.1000. The van der Waals surface area contributed by atoms with Gasteiger partial charge in [0.2, 0.25) is 0 Å². The lowest BCUT2D eigenvalue weighted by Crippen LogP contribution is -1.93. The highest BCUT2D eigenvalue weighted by atomic mass is 16.1. The van der Waals surface area contributed by atoms with Crippen molar-refractivity contribution in [2.75, 3.05) is 0 Å². The van der Waals surface area contributed by atoms with Gasteiger partial charge in [-0.25, -0.2) is 0 Å². The minimum atomic E-state index is 0.252. The normalized spacial score (nSPS) is 13.8. The lowest BCUT2D eigenvalue weighted by Gasteiger charge is -2.05. The van der Waals surface area contributed by atoms with Crippen molar-refractivity contribution in [3.8, 4) is 0 Å². The van der Waals surface area contributed by atoms with E-state index in [2.05, 4.69) is 24.3 Å². The van der Waals surface area contributed by atoms with Gasteiger partial charge >= 0.3 is 0 Å². The summed E-state index contributed by atoms with van der Waals surface area (Å²) in [5, 5.41) is 4.79. The second-order valence-electron chi connectivity index (χ2n) is 4.58. The van der Waals surface area contributed by atoms with Gasteiger partial charge in [0.1, 0.15) is 0 Å². The van der Waals surface area contributed by atoms with E-state index in [1.165, 1.54) is 21.7 Å². The van der Waals surface area contributed by atoms with E-state index in [0.29, 0.717) is 6.42 Å². The molecule has 0 amide bonds. The van der Waals surface area contributed by atoms with E-state index in [1.54, 1.807) is 0 Å². The highest BCUT2D eigenvalue weighted by Gasteiger charge is 2.23. The maximum atomic E-state index is 12.0. The van der Waals surface area contributed by atoms with Crippen LogP contribution in [0.3, 0.4) is 0 Å². The average molecular weight is 218 g/mol. The van der Waals surface area contributed by atoms with Gasteiger partial charge in [-0.05, 0) is 33.2 Å². The van der Waals surface area contributed by atoms with Gasteiger partial charge in [-0.3, -0.25) is 4.79 Å². The number of carbonyl (C=O) groups excluding carboxylic acids is 1. The van der Waals surface area contributed by atoms with Gasteiger partial charge in [-0.15, -0.1) is 0 Å². The van der Waals surface area contributed by atoms with Crippen molar-refractivity contribution < 1.29 is 4.79 Å². The first-order chi connectivity index (χ1) is 8.34. The third kappa shape index (κ3) is 1.06. The molecule has 1 aliphatic carbocycles. The summed E-state index contributed by atoms with van der Waals surface area (Å²) >= 11 is 0. The minimum Gasteiger partial charge on any atom is -0.294 e. The summed E-state index contributed by atoms with van der Waals surface area (Å²) in [6, 6.07) is 16.5. The summed E-state index contributed by atoms with van der Waals surface area (Å²) in [5.74, 6) is 0.252. The first-order valence-corrected chi connectivity index (χ1v) is 5.81. The summed E-state index contributed by atoms with van der Waals surface area (Å²) in [6.45, 7) is 0. The summed E-state index contributed by atoms with van der Waals surface area (Å²) in [6.07, 6.45) is 0.553. The molecule has 0 unspecified atom stereocenters. The van der Waals surface area contributed by atoms with Crippen molar-refractivity contribution in [2.45, 2.75) is 6.42 Å². The Morgan fingerprint density at radius 2 is 1.71 bits per heavy atom. The van der Waals surface area contributed by atoms with Crippen molar-refractivity contribution in [1.82, 2.24) is 0 Å². The van der Waals surface area contributed by atoms with Crippen molar-refractivity contribution >= 4 is 27.3 Å². The largest absolute Gasteiger partial charge is 0.294 e. The second kappa shape index (κ2) is 2.95. The Hall–Kier alpha value is -2.15. The molecule has 3 aromatic carbocycles. The SMILES string of the molecule is O=C1Cc2c3ccccc3cc3cccc1c23. The molecule has 3 aromatic rings. The number of ketones is 1. The molecule has 0 atom stereocenters. The third-order valence-corrected chi connectivity index (χ3v) is 3.63. The van der Waals surface area contributed by atoms with Crippen LogP contribution in [0.4, 0.5) is 0 Å². The van der Waals surface area contributed by atoms with Crippen molar-refractivity contribution in [3.05, 3.63) is 59.7 Å². The predicted molar refractivity (Wildman–Crippen MR) is 69.5 cm³/mol. The van der Waals surface area contributed by atoms with Crippen molar-refractivity contribution in [2.24, 2.45) is 0 Å². The monoisotopic (exact) mass is 218 g/mol. The van der Waals surface area contributed by atoms with Crippen LogP contribution in [-0.4, -0.2) is 5.78 Å². The fourth-order valence-electron chi connectivity index (χ4n) is 2.90. The fraction of sp³-hybridized carbons (Fsp3) is 0.0625. The molecule has 1 nitrogen and oxygen atoms in total. The van der Waals surface area contributed by atoms with E-state index in [-0.39, 0.29) is 5.78 Å². The Labute approximate surface area is 98.7 Å². The molecule has 0 N–H and O–H groups in total. The minimum absolute atomic E-state index is 0.252. The summed E-state index contributed by atoms with van der Waals surface area (Å²) in [5.41, 5.74) is 2.10. The molecule has 1 aliphatic rings. The highest BCUT2D eigenvalue weighted by molar-refractivity contribution is 6.20. The molecule has 0 aliphatic heterocycles. The van der Waals surface area contributed by atoms with Crippen LogP contribution >= 0.6 is 0 Å². The maximum absolute atomic E-state index is 12.0. The van der Waals surface area contributed by atoms with Crippen molar-refractivity contribution in [1.29, 1.82) is 0 Å².